The molecule has 0 saturated heterocycles. The van der Waals surface area contributed by atoms with Gasteiger partial charge in [-0.3, -0.25) is 9.78 Å². The van der Waals surface area contributed by atoms with Crippen LogP contribution >= 0.6 is 0 Å². The largest absolute Gasteiger partial charge is 0.396 e. The first-order valence-electron chi connectivity index (χ1n) is 5.63. The Labute approximate surface area is 102 Å². The van der Waals surface area contributed by atoms with Gasteiger partial charge in [0.25, 0.3) is 0 Å². The third-order valence-corrected chi connectivity index (χ3v) is 2.03. The van der Waals surface area contributed by atoms with Crippen LogP contribution in [0.4, 0.5) is 11.4 Å². The Hall–Kier alpha value is -1.78. The van der Waals surface area contributed by atoms with Crippen LogP contribution in [-0.4, -0.2) is 23.0 Å². The molecular weight excluding hydrogens is 216 g/mol. The van der Waals surface area contributed by atoms with E-state index in [2.05, 4.69) is 15.6 Å². The lowest BCUT2D eigenvalue weighted by Crippen LogP contribution is -2.41. The number of rotatable bonds is 4. The Morgan fingerprint density at radius 1 is 1.47 bits per heavy atom. The molecule has 1 aromatic heterocycles. The summed E-state index contributed by atoms with van der Waals surface area (Å²) < 4.78 is 0. The second kappa shape index (κ2) is 5.52. The molecule has 0 saturated carbocycles. The van der Waals surface area contributed by atoms with Crippen molar-refractivity contribution in [1.82, 2.24) is 10.3 Å². The number of nitrogen functional groups attached to an aromatic ring is 1. The van der Waals surface area contributed by atoms with E-state index >= 15 is 0 Å². The maximum Gasteiger partial charge on any atom is 0.222 e. The zero-order valence-electron chi connectivity index (χ0n) is 10.6. The lowest BCUT2D eigenvalue weighted by molar-refractivity contribution is -0.122. The number of carbonyl (C=O) groups is 1. The van der Waals surface area contributed by atoms with E-state index in [1.54, 1.807) is 18.5 Å². The molecule has 0 aromatic carbocycles. The number of nitrogens with one attached hydrogen (secondary N) is 2. The minimum Gasteiger partial charge on any atom is -0.396 e. The van der Waals surface area contributed by atoms with Gasteiger partial charge in [-0.2, -0.15) is 0 Å². The molecule has 0 spiro atoms. The molecule has 0 fully saturated rings. The number of aromatic nitrogens is 1. The van der Waals surface area contributed by atoms with Crippen LogP contribution in [0.15, 0.2) is 18.5 Å². The third kappa shape index (κ3) is 5.19. The Morgan fingerprint density at radius 3 is 2.76 bits per heavy atom. The summed E-state index contributed by atoms with van der Waals surface area (Å²) in [6, 6.07) is 1.79. The predicted molar refractivity (Wildman–Crippen MR) is 69.7 cm³/mol. The van der Waals surface area contributed by atoms with Crippen LogP contribution in [0.2, 0.25) is 0 Å². The molecule has 0 aliphatic carbocycles. The number of carbonyl (C=O) groups excluding carboxylic acids is 1. The van der Waals surface area contributed by atoms with Crippen molar-refractivity contribution in [3.63, 3.8) is 0 Å². The first kappa shape index (κ1) is 13.3. The van der Waals surface area contributed by atoms with Crippen LogP contribution < -0.4 is 16.4 Å². The van der Waals surface area contributed by atoms with Gasteiger partial charge in [-0.15, -0.1) is 0 Å². The predicted octanol–water partition coefficient (Wildman–Crippen LogP) is 1.38. The fourth-order valence-corrected chi connectivity index (χ4v) is 1.36. The normalized spacial score (nSPS) is 11.0. The maximum atomic E-state index is 11.5. The summed E-state index contributed by atoms with van der Waals surface area (Å²) in [5.41, 5.74) is 6.92. The summed E-state index contributed by atoms with van der Waals surface area (Å²) in [7, 11) is 0. The summed E-state index contributed by atoms with van der Waals surface area (Å²) in [5, 5.41) is 6.00. The SMILES string of the molecule is CC(C)(C)NC(=O)CCNc1ccncc1N. The minimum absolute atomic E-state index is 0.0256. The van der Waals surface area contributed by atoms with Crippen LogP contribution in [0.25, 0.3) is 0 Å². The standard InChI is InChI=1S/C12H20N4O/c1-12(2,3)16-11(17)5-7-15-10-4-6-14-8-9(10)13/h4,6,8H,5,7,13H2,1-3H3,(H,14,15)(H,16,17). The third-order valence-electron chi connectivity index (χ3n) is 2.03. The van der Waals surface area contributed by atoms with Crippen LogP contribution in [0.5, 0.6) is 0 Å². The topological polar surface area (TPSA) is 80.0 Å². The molecule has 0 aliphatic heterocycles. The fraction of sp³-hybridized carbons (Fsp3) is 0.500. The Morgan fingerprint density at radius 2 is 2.18 bits per heavy atom. The molecule has 94 valence electrons. The van der Waals surface area contributed by atoms with Crippen LogP contribution in [-0.2, 0) is 4.79 Å². The van der Waals surface area contributed by atoms with Gasteiger partial charge in [-0.1, -0.05) is 0 Å². The lowest BCUT2D eigenvalue weighted by atomic mass is 10.1. The van der Waals surface area contributed by atoms with Gasteiger partial charge in [0.1, 0.15) is 0 Å². The fourth-order valence-electron chi connectivity index (χ4n) is 1.36. The van der Waals surface area contributed by atoms with Crippen LogP contribution in [0.1, 0.15) is 27.2 Å². The number of amides is 1. The zero-order valence-corrected chi connectivity index (χ0v) is 10.6. The highest BCUT2D eigenvalue weighted by molar-refractivity contribution is 5.77. The Bertz CT molecular complexity index is 384. The van der Waals surface area contributed by atoms with E-state index in [4.69, 9.17) is 5.73 Å². The van der Waals surface area contributed by atoms with Gasteiger partial charge in [0.05, 0.1) is 17.6 Å². The van der Waals surface area contributed by atoms with Crippen LogP contribution in [0.3, 0.4) is 0 Å². The van der Waals surface area contributed by atoms with Gasteiger partial charge in [0, 0.05) is 24.7 Å². The summed E-state index contributed by atoms with van der Waals surface area (Å²) in [6.07, 6.45) is 3.66. The van der Waals surface area contributed by atoms with Gasteiger partial charge >= 0.3 is 0 Å². The monoisotopic (exact) mass is 236 g/mol. The molecule has 0 radical (unpaired) electrons. The maximum absolute atomic E-state index is 11.5. The molecule has 0 aliphatic rings. The Balaban J connectivity index is 2.34. The minimum atomic E-state index is -0.188. The van der Waals surface area contributed by atoms with Gasteiger partial charge < -0.3 is 16.4 Å². The quantitative estimate of drug-likeness (QED) is 0.738. The van der Waals surface area contributed by atoms with E-state index in [1.807, 2.05) is 20.8 Å². The average molecular weight is 236 g/mol. The summed E-state index contributed by atoms with van der Waals surface area (Å²) in [4.78, 5) is 15.4. The van der Waals surface area contributed by atoms with Crippen molar-refractivity contribution in [3.05, 3.63) is 18.5 Å². The van der Waals surface area contributed by atoms with E-state index in [0.29, 0.717) is 18.7 Å². The molecule has 17 heavy (non-hydrogen) atoms. The second-order valence-electron chi connectivity index (χ2n) is 4.94. The van der Waals surface area contributed by atoms with Crippen molar-refractivity contribution >= 4 is 17.3 Å². The first-order chi connectivity index (χ1) is 7.88. The Kier molecular flexibility index (Phi) is 4.31. The molecule has 1 heterocycles. The first-order valence-corrected chi connectivity index (χ1v) is 5.63. The molecule has 5 heteroatoms. The average Bonchev–Trinajstić information content (AvgIpc) is 2.18. The number of pyridine rings is 1. The van der Waals surface area contributed by atoms with E-state index in [-0.39, 0.29) is 11.4 Å². The van der Waals surface area contributed by atoms with Crippen molar-refractivity contribution in [2.45, 2.75) is 32.7 Å². The van der Waals surface area contributed by atoms with Gasteiger partial charge in [0.2, 0.25) is 5.91 Å². The molecule has 1 aromatic rings. The highest BCUT2D eigenvalue weighted by Gasteiger charge is 2.12. The summed E-state index contributed by atoms with van der Waals surface area (Å²) in [5.74, 6) is 0.0256. The molecule has 4 N–H and O–H groups in total. The molecule has 1 amide bonds. The number of anilines is 2. The van der Waals surface area contributed by atoms with Crippen molar-refractivity contribution in [2.75, 3.05) is 17.6 Å². The van der Waals surface area contributed by atoms with Crippen LogP contribution in [0, 0.1) is 0 Å². The highest BCUT2D eigenvalue weighted by atomic mass is 16.1. The van der Waals surface area contributed by atoms with E-state index in [0.717, 1.165) is 5.69 Å². The van der Waals surface area contributed by atoms with E-state index < -0.39 is 0 Å². The van der Waals surface area contributed by atoms with Gasteiger partial charge in [-0.25, -0.2) is 0 Å². The molecule has 0 bridgehead atoms. The van der Waals surface area contributed by atoms with Gasteiger partial charge in [0.15, 0.2) is 0 Å². The molecule has 1 rings (SSSR count). The smallest absolute Gasteiger partial charge is 0.222 e. The number of hydrogen-bond donors (Lipinski definition) is 3. The number of nitrogens with two attached hydrogens (primary N) is 1. The lowest BCUT2D eigenvalue weighted by Gasteiger charge is -2.20. The van der Waals surface area contributed by atoms with Crippen molar-refractivity contribution in [1.29, 1.82) is 0 Å². The molecule has 5 nitrogen and oxygen atoms in total. The molecule has 0 atom stereocenters. The van der Waals surface area contributed by atoms with E-state index in [9.17, 15) is 4.79 Å². The highest BCUT2D eigenvalue weighted by Crippen LogP contribution is 2.14. The van der Waals surface area contributed by atoms with Crippen molar-refractivity contribution in [3.8, 4) is 0 Å². The summed E-state index contributed by atoms with van der Waals surface area (Å²) in [6.45, 7) is 6.42. The zero-order chi connectivity index (χ0) is 12.9. The van der Waals surface area contributed by atoms with E-state index in [1.165, 1.54) is 0 Å². The molecule has 0 unspecified atom stereocenters. The molecular formula is C12H20N4O. The second-order valence-corrected chi connectivity index (χ2v) is 4.94. The summed E-state index contributed by atoms with van der Waals surface area (Å²) >= 11 is 0. The van der Waals surface area contributed by atoms with Gasteiger partial charge in [-0.05, 0) is 26.8 Å². The van der Waals surface area contributed by atoms with Crippen molar-refractivity contribution < 1.29 is 4.79 Å². The number of hydrogen-bond acceptors (Lipinski definition) is 4. The van der Waals surface area contributed by atoms with Crippen molar-refractivity contribution in [2.24, 2.45) is 0 Å². The number of nitrogens with zero attached hydrogens (tertiary/aromatic N) is 1.